The smallest absolute Gasteiger partial charge is 0.323 e. The average molecular weight is 227 g/mol. The minimum atomic E-state index is -1.42. The number of rotatable bonds is 4. The van der Waals surface area contributed by atoms with Gasteiger partial charge in [-0.25, -0.2) is 0 Å². The predicted octanol–water partition coefficient (Wildman–Crippen LogP) is -0.154. The van der Waals surface area contributed by atoms with Gasteiger partial charge >= 0.3 is 5.97 Å². The van der Waals surface area contributed by atoms with E-state index < -0.39 is 18.1 Å². The molecule has 1 aromatic rings. The van der Waals surface area contributed by atoms with Crippen molar-refractivity contribution in [3.05, 3.63) is 23.8 Å². The predicted molar refractivity (Wildman–Crippen MR) is 55.2 cm³/mol. The molecule has 0 heterocycles. The van der Waals surface area contributed by atoms with Crippen LogP contribution in [0.1, 0.15) is 11.7 Å². The maximum absolute atomic E-state index is 10.6. The van der Waals surface area contributed by atoms with Crippen LogP contribution in [0.4, 0.5) is 0 Å². The third-order valence-electron chi connectivity index (χ3n) is 2.17. The number of carboxylic acids is 1. The van der Waals surface area contributed by atoms with Gasteiger partial charge in [0.2, 0.25) is 0 Å². The Bertz CT molecular complexity index is 393. The van der Waals surface area contributed by atoms with Crippen molar-refractivity contribution < 1.29 is 24.9 Å². The zero-order valence-corrected chi connectivity index (χ0v) is 8.62. The second-order valence-corrected chi connectivity index (χ2v) is 3.24. The largest absolute Gasteiger partial charge is 0.504 e. The van der Waals surface area contributed by atoms with Crippen molar-refractivity contribution in [2.45, 2.75) is 12.1 Å². The first-order valence-electron chi connectivity index (χ1n) is 4.50. The fourth-order valence-corrected chi connectivity index (χ4v) is 1.22. The third-order valence-corrected chi connectivity index (χ3v) is 2.17. The number of aliphatic carboxylic acids is 1. The highest BCUT2D eigenvalue weighted by Gasteiger charge is 2.24. The Balaban J connectivity index is 3.00. The second-order valence-electron chi connectivity index (χ2n) is 3.24. The Labute approximate surface area is 91.9 Å². The molecule has 0 saturated heterocycles. The molecule has 0 aromatic heterocycles. The molecule has 0 spiro atoms. The minimum absolute atomic E-state index is 0.0950. The maximum Gasteiger partial charge on any atom is 0.323 e. The number of carbonyl (C=O) groups is 1. The highest BCUT2D eigenvalue weighted by atomic mass is 16.5. The number of ether oxygens (including phenoxy) is 1. The molecule has 0 amide bonds. The van der Waals surface area contributed by atoms with Crippen LogP contribution in [-0.2, 0) is 4.79 Å². The van der Waals surface area contributed by atoms with Crippen molar-refractivity contribution in [1.29, 1.82) is 0 Å². The van der Waals surface area contributed by atoms with Crippen LogP contribution in [0, 0.1) is 0 Å². The molecule has 2 unspecified atom stereocenters. The van der Waals surface area contributed by atoms with Crippen molar-refractivity contribution >= 4 is 5.97 Å². The summed E-state index contributed by atoms with van der Waals surface area (Å²) in [6.45, 7) is 0. The fourth-order valence-electron chi connectivity index (χ4n) is 1.22. The Hall–Kier alpha value is -1.79. The van der Waals surface area contributed by atoms with E-state index in [-0.39, 0.29) is 17.1 Å². The van der Waals surface area contributed by atoms with Crippen LogP contribution in [-0.4, -0.2) is 34.4 Å². The summed E-state index contributed by atoms with van der Waals surface area (Å²) in [6, 6.07) is 2.59. The molecule has 88 valence electrons. The summed E-state index contributed by atoms with van der Waals surface area (Å²) in [5, 5.41) is 27.6. The number of aromatic hydroxyl groups is 1. The SMILES string of the molecule is COc1cc(C(O)C(N)C(=O)O)ccc1O. The molecule has 0 bridgehead atoms. The van der Waals surface area contributed by atoms with E-state index in [1.54, 1.807) is 0 Å². The van der Waals surface area contributed by atoms with Gasteiger partial charge in [0.25, 0.3) is 0 Å². The molecule has 0 aliphatic heterocycles. The molecular formula is C10H13NO5. The van der Waals surface area contributed by atoms with E-state index in [0.29, 0.717) is 0 Å². The number of phenolic OH excluding ortho intramolecular Hbond substituents is 1. The van der Waals surface area contributed by atoms with Crippen molar-refractivity contribution in [1.82, 2.24) is 0 Å². The van der Waals surface area contributed by atoms with E-state index in [4.69, 9.17) is 15.6 Å². The molecule has 16 heavy (non-hydrogen) atoms. The van der Waals surface area contributed by atoms with Crippen molar-refractivity contribution in [2.75, 3.05) is 7.11 Å². The molecular weight excluding hydrogens is 214 g/mol. The number of hydrogen-bond acceptors (Lipinski definition) is 5. The van der Waals surface area contributed by atoms with Crippen LogP contribution in [0.5, 0.6) is 11.5 Å². The van der Waals surface area contributed by atoms with Gasteiger partial charge in [-0.05, 0) is 17.7 Å². The third kappa shape index (κ3) is 2.41. The van der Waals surface area contributed by atoms with Gasteiger partial charge in [-0.15, -0.1) is 0 Å². The number of aliphatic hydroxyl groups is 1. The average Bonchev–Trinajstić information content (AvgIpc) is 2.27. The zero-order chi connectivity index (χ0) is 12.3. The summed E-state index contributed by atoms with van der Waals surface area (Å²) in [4.78, 5) is 10.6. The van der Waals surface area contributed by atoms with Crippen LogP contribution in [0.3, 0.4) is 0 Å². The number of nitrogens with two attached hydrogens (primary N) is 1. The molecule has 2 atom stereocenters. The number of hydrogen-bond donors (Lipinski definition) is 4. The number of methoxy groups -OCH3 is 1. The van der Waals surface area contributed by atoms with Gasteiger partial charge < -0.3 is 25.8 Å². The van der Waals surface area contributed by atoms with E-state index in [1.807, 2.05) is 0 Å². The number of phenols is 1. The van der Waals surface area contributed by atoms with E-state index in [9.17, 15) is 15.0 Å². The van der Waals surface area contributed by atoms with Crippen LogP contribution >= 0.6 is 0 Å². The van der Waals surface area contributed by atoms with Crippen LogP contribution in [0.2, 0.25) is 0 Å². The van der Waals surface area contributed by atoms with Crippen molar-refractivity contribution in [3.8, 4) is 11.5 Å². The van der Waals surface area contributed by atoms with E-state index >= 15 is 0 Å². The lowest BCUT2D eigenvalue weighted by Gasteiger charge is -2.16. The lowest BCUT2D eigenvalue weighted by Crippen LogP contribution is -2.36. The Morgan fingerprint density at radius 1 is 1.50 bits per heavy atom. The fraction of sp³-hybridized carbons (Fsp3) is 0.300. The van der Waals surface area contributed by atoms with Gasteiger partial charge in [0.1, 0.15) is 12.1 Å². The first-order chi connectivity index (χ1) is 7.47. The Morgan fingerprint density at radius 2 is 2.12 bits per heavy atom. The Morgan fingerprint density at radius 3 is 2.62 bits per heavy atom. The summed E-state index contributed by atoms with van der Waals surface area (Å²) >= 11 is 0. The van der Waals surface area contributed by atoms with Gasteiger partial charge in [0.15, 0.2) is 11.5 Å². The quantitative estimate of drug-likeness (QED) is 0.568. The Kier molecular flexibility index (Phi) is 3.70. The van der Waals surface area contributed by atoms with Gasteiger partial charge in [-0.3, -0.25) is 4.79 Å². The van der Waals surface area contributed by atoms with E-state index in [2.05, 4.69) is 0 Å². The highest BCUT2D eigenvalue weighted by Crippen LogP contribution is 2.29. The molecule has 0 radical (unpaired) electrons. The number of carboxylic acid groups (broad SMARTS) is 1. The van der Waals surface area contributed by atoms with Crippen LogP contribution in [0.25, 0.3) is 0 Å². The number of aliphatic hydroxyl groups excluding tert-OH is 1. The van der Waals surface area contributed by atoms with Gasteiger partial charge in [0, 0.05) is 0 Å². The molecule has 1 aromatic carbocycles. The van der Waals surface area contributed by atoms with Gasteiger partial charge in [-0.2, -0.15) is 0 Å². The van der Waals surface area contributed by atoms with Gasteiger partial charge in [0.05, 0.1) is 7.11 Å². The van der Waals surface area contributed by atoms with Crippen LogP contribution < -0.4 is 10.5 Å². The molecule has 6 heteroatoms. The number of benzene rings is 1. The summed E-state index contributed by atoms with van der Waals surface area (Å²) in [6.07, 6.45) is -1.35. The molecule has 5 N–H and O–H groups in total. The lowest BCUT2D eigenvalue weighted by molar-refractivity contribution is -0.141. The molecule has 0 aliphatic rings. The maximum atomic E-state index is 10.6. The lowest BCUT2D eigenvalue weighted by atomic mass is 10.0. The normalized spacial score (nSPS) is 14.2. The summed E-state index contributed by atoms with van der Waals surface area (Å²) < 4.78 is 4.83. The standard InChI is InChI=1S/C10H13NO5/c1-16-7-4-5(2-3-6(7)12)9(13)8(11)10(14)15/h2-4,8-9,12-13H,11H2,1H3,(H,14,15). The molecule has 0 saturated carbocycles. The monoisotopic (exact) mass is 227 g/mol. The highest BCUT2D eigenvalue weighted by molar-refractivity contribution is 5.74. The topological polar surface area (TPSA) is 113 Å². The van der Waals surface area contributed by atoms with Crippen molar-refractivity contribution in [3.63, 3.8) is 0 Å². The second kappa shape index (κ2) is 4.82. The summed E-state index contributed by atoms with van der Waals surface area (Å²) in [5.74, 6) is -1.25. The summed E-state index contributed by atoms with van der Waals surface area (Å²) in [5.41, 5.74) is 5.54. The van der Waals surface area contributed by atoms with Crippen LogP contribution in [0.15, 0.2) is 18.2 Å². The van der Waals surface area contributed by atoms with Gasteiger partial charge in [-0.1, -0.05) is 6.07 Å². The molecule has 0 aliphatic carbocycles. The molecule has 0 fully saturated rings. The molecule has 6 nitrogen and oxygen atoms in total. The van der Waals surface area contributed by atoms with E-state index in [0.717, 1.165) is 0 Å². The van der Waals surface area contributed by atoms with E-state index in [1.165, 1.54) is 25.3 Å². The minimum Gasteiger partial charge on any atom is -0.504 e. The molecule has 1 rings (SSSR count). The first kappa shape index (κ1) is 12.3. The first-order valence-corrected chi connectivity index (χ1v) is 4.50. The zero-order valence-electron chi connectivity index (χ0n) is 8.62. The summed E-state index contributed by atoms with van der Waals surface area (Å²) in [7, 11) is 1.35. The van der Waals surface area contributed by atoms with Crippen molar-refractivity contribution in [2.24, 2.45) is 5.73 Å².